The molecule has 0 amide bonds. The Labute approximate surface area is 107 Å². The van der Waals surface area contributed by atoms with Gasteiger partial charge < -0.3 is 5.73 Å². The van der Waals surface area contributed by atoms with Gasteiger partial charge in [0.2, 0.25) is 0 Å². The molecule has 0 fully saturated rings. The van der Waals surface area contributed by atoms with Crippen molar-refractivity contribution in [2.24, 2.45) is 0 Å². The maximum Gasteiger partial charge on any atom is 0.435 e. The summed E-state index contributed by atoms with van der Waals surface area (Å²) in [5.41, 5.74) is 5.82. The fraction of sp³-hybridized carbons (Fsp3) is 0.455. The molecule has 0 saturated heterocycles. The molecule has 2 N–H and O–H groups in total. The van der Waals surface area contributed by atoms with E-state index < -0.39 is 11.9 Å². The van der Waals surface area contributed by atoms with Crippen LogP contribution in [0.3, 0.4) is 0 Å². The van der Waals surface area contributed by atoms with Gasteiger partial charge in [-0.25, -0.2) is 9.36 Å². The molecule has 0 saturated carbocycles. The summed E-state index contributed by atoms with van der Waals surface area (Å²) in [4.78, 5) is 0. The summed E-state index contributed by atoms with van der Waals surface area (Å²) in [6.07, 6.45) is -2.44. The number of nitrogens with zero attached hydrogens (tertiary/aromatic N) is 4. The van der Waals surface area contributed by atoms with Gasteiger partial charge in [0, 0.05) is 12.7 Å². The van der Waals surface area contributed by atoms with E-state index in [0.717, 1.165) is 17.2 Å². The maximum atomic E-state index is 12.5. The molecule has 0 aliphatic rings. The van der Waals surface area contributed by atoms with Crippen LogP contribution in [0.5, 0.6) is 0 Å². The third kappa shape index (κ3) is 2.42. The van der Waals surface area contributed by atoms with Crippen molar-refractivity contribution in [1.82, 2.24) is 19.6 Å². The largest absolute Gasteiger partial charge is 0.435 e. The highest BCUT2D eigenvalue weighted by molar-refractivity contribution is 5.56. The fourth-order valence-electron chi connectivity index (χ4n) is 1.79. The molecule has 0 aromatic carbocycles. The Hall–Kier alpha value is -1.99. The molecule has 0 unspecified atom stereocenters. The van der Waals surface area contributed by atoms with Crippen molar-refractivity contribution in [2.75, 3.05) is 5.73 Å². The number of aryl methyl sites for hydroxylation is 2. The second-order valence-corrected chi connectivity index (χ2v) is 4.19. The van der Waals surface area contributed by atoms with Gasteiger partial charge in [-0.2, -0.15) is 23.4 Å². The van der Waals surface area contributed by atoms with E-state index in [0.29, 0.717) is 23.7 Å². The molecule has 2 rings (SSSR count). The highest BCUT2D eigenvalue weighted by Gasteiger charge is 2.34. The number of rotatable bonds is 3. The Kier molecular flexibility index (Phi) is 3.25. The second-order valence-electron chi connectivity index (χ2n) is 4.19. The van der Waals surface area contributed by atoms with Gasteiger partial charge in [0.1, 0.15) is 0 Å². The second kappa shape index (κ2) is 4.60. The van der Waals surface area contributed by atoms with E-state index in [9.17, 15) is 13.2 Å². The van der Waals surface area contributed by atoms with E-state index in [1.54, 1.807) is 11.6 Å². The maximum absolute atomic E-state index is 12.5. The number of alkyl halides is 3. The molecule has 0 spiro atoms. The van der Waals surface area contributed by atoms with E-state index in [-0.39, 0.29) is 0 Å². The Bertz CT molecular complexity index is 582. The molecule has 0 aliphatic carbocycles. The minimum absolute atomic E-state index is 0.338. The van der Waals surface area contributed by atoms with Gasteiger partial charge in [0.25, 0.3) is 0 Å². The third-order valence-corrected chi connectivity index (χ3v) is 2.68. The number of nitrogen functional groups attached to an aromatic ring is 1. The molecular weight excluding hydrogens is 259 g/mol. The Morgan fingerprint density at radius 1 is 1.32 bits per heavy atom. The summed E-state index contributed by atoms with van der Waals surface area (Å²) in [5, 5.41) is 7.72. The quantitative estimate of drug-likeness (QED) is 0.934. The molecular formula is C11H14F3N5. The van der Waals surface area contributed by atoms with Crippen LogP contribution >= 0.6 is 0 Å². The Morgan fingerprint density at radius 2 is 2.00 bits per heavy atom. The lowest BCUT2D eigenvalue weighted by Crippen LogP contribution is -2.11. The van der Waals surface area contributed by atoms with E-state index >= 15 is 0 Å². The van der Waals surface area contributed by atoms with Gasteiger partial charge in [-0.1, -0.05) is 6.92 Å². The van der Waals surface area contributed by atoms with Gasteiger partial charge in [0.15, 0.2) is 11.5 Å². The lowest BCUT2D eigenvalue weighted by Gasteiger charge is -2.07. The van der Waals surface area contributed by atoms with Gasteiger partial charge in [-0.3, -0.25) is 0 Å². The number of aromatic nitrogens is 4. The smallest absolute Gasteiger partial charge is 0.394 e. The highest BCUT2D eigenvalue weighted by Crippen LogP contribution is 2.29. The summed E-state index contributed by atoms with van der Waals surface area (Å²) in [6.45, 7) is 4.22. The number of halogens is 3. The average Bonchev–Trinajstić information content (AvgIpc) is 2.86. The van der Waals surface area contributed by atoms with Crippen LogP contribution in [0.2, 0.25) is 0 Å². The van der Waals surface area contributed by atoms with Crippen LogP contribution < -0.4 is 5.73 Å². The van der Waals surface area contributed by atoms with Crippen LogP contribution in [0.1, 0.15) is 24.7 Å². The van der Waals surface area contributed by atoms with E-state index in [1.807, 2.05) is 6.92 Å². The van der Waals surface area contributed by atoms with Crippen molar-refractivity contribution < 1.29 is 13.2 Å². The van der Waals surface area contributed by atoms with Crippen molar-refractivity contribution in [3.63, 3.8) is 0 Å². The number of anilines is 1. The first kappa shape index (κ1) is 13.4. The molecule has 2 aromatic heterocycles. The molecule has 19 heavy (non-hydrogen) atoms. The zero-order valence-electron chi connectivity index (χ0n) is 10.6. The number of nitrogens with two attached hydrogens (primary N) is 1. The van der Waals surface area contributed by atoms with Crippen LogP contribution in [0, 0.1) is 6.92 Å². The minimum atomic E-state index is -4.47. The van der Waals surface area contributed by atoms with E-state index in [4.69, 9.17) is 5.73 Å². The van der Waals surface area contributed by atoms with Crippen molar-refractivity contribution in [3.05, 3.63) is 23.7 Å². The van der Waals surface area contributed by atoms with E-state index in [2.05, 4.69) is 10.2 Å². The standard InChI is InChI=1S/C11H14F3N5/c1-3-5-18-10(9(15)7(2)16-18)19-6-4-8(17-19)11(12,13)14/h4,6H,3,5,15H2,1-2H3. The van der Waals surface area contributed by atoms with Crippen molar-refractivity contribution in [1.29, 1.82) is 0 Å². The molecule has 2 heterocycles. The van der Waals surface area contributed by atoms with Crippen molar-refractivity contribution in [2.45, 2.75) is 33.0 Å². The third-order valence-electron chi connectivity index (χ3n) is 2.68. The van der Waals surface area contributed by atoms with E-state index in [1.165, 1.54) is 6.20 Å². The lowest BCUT2D eigenvalue weighted by molar-refractivity contribution is -0.141. The Balaban J connectivity index is 2.49. The first-order valence-electron chi connectivity index (χ1n) is 5.80. The molecule has 0 bridgehead atoms. The number of hydrogen-bond donors (Lipinski definition) is 1. The van der Waals surface area contributed by atoms with Crippen molar-refractivity contribution in [3.8, 4) is 5.82 Å². The lowest BCUT2D eigenvalue weighted by atomic mass is 10.4. The molecule has 104 valence electrons. The van der Waals surface area contributed by atoms with Gasteiger partial charge in [-0.05, 0) is 19.4 Å². The Morgan fingerprint density at radius 3 is 2.53 bits per heavy atom. The van der Waals surface area contributed by atoms with Crippen LogP contribution in [0.25, 0.3) is 5.82 Å². The number of hydrogen-bond acceptors (Lipinski definition) is 3. The summed E-state index contributed by atoms with van der Waals surface area (Å²) in [7, 11) is 0. The molecule has 0 atom stereocenters. The minimum Gasteiger partial charge on any atom is -0.394 e. The first-order chi connectivity index (χ1) is 8.84. The zero-order chi connectivity index (χ0) is 14.2. The van der Waals surface area contributed by atoms with Crippen LogP contribution in [-0.4, -0.2) is 19.6 Å². The summed E-state index contributed by atoms with van der Waals surface area (Å²) < 4.78 is 40.3. The molecule has 0 aliphatic heterocycles. The van der Waals surface area contributed by atoms with Gasteiger partial charge in [0.05, 0.1) is 11.4 Å². The fourth-order valence-corrected chi connectivity index (χ4v) is 1.79. The molecule has 8 heteroatoms. The summed E-state index contributed by atoms with van der Waals surface area (Å²) in [5.74, 6) is 0.370. The predicted molar refractivity (Wildman–Crippen MR) is 63.8 cm³/mol. The molecule has 0 radical (unpaired) electrons. The van der Waals surface area contributed by atoms with Crippen molar-refractivity contribution >= 4 is 5.69 Å². The average molecular weight is 273 g/mol. The van der Waals surface area contributed by atoms with Gasteiger partial charge in [-0.15, -0.1) is 0 Å². The van der Waals surface area contributed by atoms with Gasteiger partial charge >= 0.3 is 6.18 Å². The molecule has 5 nitrogen and oxygen atoms in total. The summed E-state index contributed by atoms with van der Waals surface area (Å²) >= 11 is 0. The topological polar surface area (TPSA) is 61.7 Å². The van der Waals surface area contributed by atoms with Crippen LogP contribution in [0.15, 0.2) is 12.3 Å². The van der Waals surface area contributed by atoms with Crippen LogP contribution in [0.4, 0.5) is 18.9 Å². The monoisotopic (exact) mass is 273 g/mol. The predicted octanol–water partition coefficient (Wildman–Crippen LogP) is 2.39. The molecule has 2 aromatic rings. The highest BCUT2D eigenvalue weighted by atomic mass is 19.4. The first-order valence-corrected chi connectivity index (χ1v) is 5.80. The van der Waals surface area contributed by atoms with Crippen LogP contribution in [-0.2, 0) is 12.7 Å². The summed E-state index contributed by atoms with van der Waals surface area (Å²) in [6, 6.07) is 0.915. The zero-order valence-corrected chi connectivity index (χ0v) is 10.6. The normalized spacial score (nSPS) is 12.1. The SMILES string of the molecule is CCCn1nc(C)c(N)c1-n1ccc(C(F)(F)F)n1.